The number of likely N-dealkylation sites (tertiary alicyclic amines) is 1. The maximum atomic E-state index is 3.26. The van der Waals surface area contributed by atoms with Crippen LogP contribution in [-0.4, -0.2) is 22.5 Å². The molecule has 0 aliphatic carbocycles. The molecule has 0 amide bonds. The number of nitrogens with one attached hydrogen (secondary N) is 1. The summed E-state index contributed by atoms with van der Waals surface area (Å²) in [7, 11) is 0. The maximum absolute atomic E-state index is 3.26. The molecule has 1 fully saturated rings. The quantitative estimate of drug-likeness (QED) is 0.830. The van der Waals surface area contributed by atoms with Crippen LogP contribution in [-0.2, 0) is 0 Å². The third-order valence-corrected chi connectivity index (χ3v) is 3.92. The largest absolute Gasteiger partial charge is 0.361 e. The Morgan fingerprint density at radius 2 is 2.18 bits per heavy atom. The highest BCUT2D eigenvalue weighted by atomic mass is 15.2. The van der Waals surface area contributed by atoms with Crippen molar-refractivity contribution in [2.75, 3.05) is 6.54 Å². The molecular weight excluding hydrogens is 208 g/mol. The second kappa shape index (κ2) is 4.19. The van der Waals surface area contributed by atoms with Crippen molar-refractivity contribution in [3.05, 3.63) is 36.0 Å². The summed E-state index contributed by atoms with van der Waals surface area (Å²) in [6, 6.07) is 10.3. The first-order valence-corrected chi connectivity index (χ1v) is 6.58. The molecule has 1 atom stereocenters. The maximum Gasteiger partial charge on any atom is 0.0454 e. The van der Waals surface area contributed by atoms with Crippen LogP contribution < -0.4 is 0 Å². The summed E-state index contributed by atoms with van der Waals surface area (Å²) in [5.74, 6) is 0. The van der Waals surface area contributed by atoms with Gasteiger partial charge in [-0.3, -0.25) is 4.90 Å². The molecule has 0 bridgehead atoms. The first-order chi connectivity index (χ1) is 8.25. The fourth-order valence-electron chi connectivity index (χ4n) is 3.04. The van der Waals surface area contributed by atoms with Crippen LogP contribution in [0.2, 0.25) is 0 Å². The Labute approximate surface area is 103 Å². The number of rotatable bonds is 2. The van der Waals surface area contributed by atoms with Gasteiger partial charge in [0.25, 0.3) is 0 Å². The minimum Gasteiger partial charge on any atom is -0.361 e. The summed E-state index contributed by atoms with van der Waals surface area (Å²) in [6.07, 6.45) is 4.64. The lowest BCUT2D eigenvalue weighted by atomic mass is 10.0. The fourth-order valence-corrected chi connectivity index (χ4v) is 3.04. The van der Waals surface area contributed by atoms with E-state index in [1.54, 1.807) is 0 Å². The van der Waals surface area contributed by atoms with Gasteiger partial charge in [0.05, 0.1) is 0 Å². The van der Waals surface area contributed by atoms with Crippen LogP contribution in [0.3, 0.4) is 0 Å². The average molecular weight is 228 g/mol. The molecule has 1 aliphatic heterocycles. The van der Waals surface area contributed by atoms with Gasteiger partial charge in [-0.1, -0.05) is 6.07 Å². The summed E-state index contributed by atoms with van der Waals surface area (Å²) in [5, 5.41) is 1.33. The first-order valence-electron chi connectivity index (χ1n) is 6.58. The summed E-state index contributed by atoms with van der Waals surface area (Å²) < 4.78 is 0. The van der Waals surface area contributed by atoms with E-state index in [9.17, 15) is 0 Å². The molecular formula is C15H20N2. The van der Waals surface area contributed by atoms with Gasteiger partial charge in [0.1, 0.15) is 0 Å². The topological polar surface area (TPSA) is 19.0 Å². The van der Waals surface area contributed by atoms with Crippen molar-refractivity contribution in [2.24, 2.45) is 0 Å². The van der Waals surface area contributed by atoms with Crippen molar-refractivity contribution in [1.82, 2.24) is 9.88 Å². The van der Waals surface area contributed by atoms with E-state index < -0.39 is 0 Å². The molecule has 0 radical (unpaired) electrons. The van der Waals surface area contributed by atoms with Crippen LogP contribution in [0.25, 0.3) is 10.9 Å². The van der Waals surface area contributed by atoms with Crippen molar-refractivity contribution in [3.63, 3.8) is 0 Å². The second-order valence-electron chi connectivity index (χ2n) is 5.31. The zero-order chi connectivity index (χ0) is 11.8. The smallest absolute Gasteiger partial charge is 0.0454 e. The molecule has 2 aromatic rings. The molecule has 0 saturated carbocycles. The van der Waals surface area contributed by atoms with Gasteiger partial charge in [0, 0.05) is 23.8 Å². The molecule has 0 unspecified atom stereocenters. The van der Waals surface area contributed by atoms with E-state index >= 15 is 0 Å². The lowest BCUT2D eigenvalue weighted by Crippen LogP contribution is -2.30. The third kappa shape index (κ3) is 1.87. The molecule has 2 nitrogen and oxygen atoms in total. The predicted molar refractivity (Wildman–Crippen MR) is 72.1 cm³/mol. The number of hydrogen-bond donors (Lipinski definition) is 1. The first kappa shape index (κ1) is 10.8. The Bertz CT molecular complexity index is 512. The van der Waals surface area contributed by atoms with Crippen molar-refractivity contribution >= 4 is 10.9 Å². The number of H-pyrrole nitrogens is 1. The van der Waals surface area contributed by atoms with Crippen LogP contribution in [0.5, 0.6) is 0 Å². The van der Waals surface area contributed by atoms with Crippen LogP contribution in [0, 0.1) is 0 Å². The average Bonchev–Trinajstić information content (AvgIpc) is 2.96. The monoisotopic (exact) mass is 228 g/mol. The predicted octanol–water partition coefficient (Wildman–Crippen LogP) is 3.71. The molecule has 2 heterocycles. The van der Waals surface area contributed by atoms with Gasteiger partial charge in [0.15, 0.2) is 0 Å². The molecule has 1 aliphatic rings. The second-order valence-corrected chi connectivity index (χ2v) is 5.31. The summed E-state index contributed by atoms with van der Waals surface area (Å²) in [5.41, 5.74) is 2.71. The van der Waals surface area contributed by atoms with Gasteiger partial charge >= 0.3 is 0 Å². The minimum atomic E-state index is 0.620. The molecule has 90 valence electrons. The molecule has 1 N–H and O–H groups in total. The van der Waals surface area contributed by atoms with E-state index in [-0.39, 0.29) is 0 Å². The number of aromatic amines is 1. The van der Waals surface area contributed by atoms with Crippen molar-refractivity contribution in [3.8, 4) is 0 Å². The summed E-state index contributed by atoms with van der Waals surface area (Å²) >= 11 is 0. The molecule has 2 heteroatoms. The van der Waals surface area contributed by atoms with Crippen LogP contribution in [0.4, 0.5) is 0 Å². The summed E-state index contributed by atoms with van der Waals surface area (Å²) in [4.78, 5) is 5.88. The standard InChI is InChI=1S/C15H20N2/c1-11(2)17-9-3-4-15(17)13-5-6-14-12(10-13)7-8-16-14/h5-8,10-11,15-16H,3-4,9H2,1-2H3/t15-/m1/s1. The van der Waals surface area contributed by atoms with E-state index in [1.807, 2.05) is 6.20 Å². The van der Waals surface area contributed by atoms with Gasteiger partial charge < -0.3 is 4.98 Å². The molecule has 1 saturated heterocycles. The number of fused-ring (bicyclic) bond motifs is 1. The minimum absolute atomic E-state index is 0.620. The Morgan fingerprint density at radius 3 is 3.00 bits per heavy atom. The van der Waals surface area contributed by atoms with E-state index in [1.165, 1.54) is 35.9 Å². The van der Waals surface area contributed by atoms with E-state index in [2.05, 4.69) is 48.0 Å². The molecule has 1 aromatic heterocycles. The van der Waals surface area contributed by atoms with E-state index in [0.29, 0.717) is 12.1 Å². The van der Waals surface area contributed by atoms with Crippen LogP contribution in [0.15, 0.2) is 30.5 Å². The molecule has 17 heavy (non-hydrogen) atoms. The molecule has 3 rings (SSSR count). The highest BCUT2D eigenvalue weighted by molar-refractivity contribution is 5.80. The number of aromatic nitrogens is 1. The van der Waals surface area contributed by atoms with Crippen LogP contribution >= 0.6 is 0 Å². The number of nitrogens with zero attached hydrogens (tertiary/aromatic N) is 1. The van der Waals surface area contributed by atoms with Gasteiger partial charge in [-0.15, -0.1) is 0 Å². The zero-order valence-electron chi connectivity index (χ0n) is 10.6. The highest BCUT2D eigenvalue weighted by Gasteiger charge is 2.27. The molecule has 0 spiro atoms. The Balaban J connectivity index is 1.96. The number of benzene rings is 1. The Hall–Kier alpha value is -1.28. The van der Waals surface area contributed by atoms with Gasteiger partial charge in [-0.25, -0.2) is 0 Å². The fraction of sp³-hybridized carbons (Fsp3) is 0.467. The van der Waals surface area contributed by atoms with E-state index in [4.69, 9.17) is 0 Å². The Kier molecular flexibility index (Phi) is 2.67. The lowest BCUT2D eigenvalue weighted by Gasteiger charge is -2.28. The van der Waals surface area contributed by atoms with Crippen molar-refractivity contribution < 1.29 is 0 Å². The number of hydrogen-bond acceptors (Lipinski definition) is 1. The molecule has 1 aromatic carbocycles. The highest BCUT2D eigenvalue weighted by Crippen LogP contribution is 2.34. The van der Waals surface area contributed by atoms with Gasteiger partial charge in [-0.05, 0) is 62.4 Å². The Morgan fingerprint density at radius 1 is 1.29 bits per heavy atom. The zero-order valence-corrected chi connectivity index (χ0v) is 10.6. The summed E-state index contributed by atoms with van der Waals surface area (Å²) in [6.45, 7) is 5.84. The third-order valence-electron chi connectivity index (χ3n) is 3.92. The lowest BCUT2D eigenvalue weighted by molar-refractivity contribution is 0.205. The van der Waals surface area contributed by atoms with Gasteiger partial charge in [-0.2, -0.15) is 0 Å². The van der Waals surface area contributed by atoms with Crippen LogP contribution in [0.1, 0.15) is 38.3 Å². The van der Waals surface area contributed by atoms with Crippen molar-refractivity contribution in [1.29, 1.82) is 0 Å². The van der Waals surface area contributed by atoms with E-state index in [0.717, 1.165) is 0 Å². The van der Waals surface area contributed by atoms with Crippen molar-refractivity contribution in [2.45, 2.75) is 38.8 Å². The SMILES string of the molecule is CC(C)N1CCC[C@@H]1c1ccc2[nH]ccc2c1. The normalized spacial score (nSPS) is 21.7. The van der Waals surface area contributed by atoms with Gasteiger partial charge in [0.2, 0.25) is 0 Å².